The molecular weight excluding hydrogens is 214 g/mol. The molecule has 1 aliphatic rings. The Kier molecular flexibility index (Phi) is 2.71. The van der Waals surface area contributed by atoms with Crippen molar-refractivity contribution in [1.82, 2.24) is 0 Å². The van der Waals surface area contributed by atoms with E-state index < -0.39 is 11.6 Å². The summed E-state index contributed by atoms with van der Waals surface area (Å²) in [4.78, 5) is 0. The summed E-state index contributed by atoms with van der Waals surface area (Å²) in [5, 5.41) is 11.9. The van der Waals surface area contributed by atoms with E-state index in [1.807, 2.05) is 0 Å². The number of nitrogens with two attached hydrogens (primary N) is 1. The first-order valence-corrected chi connectivity index (χ1v) is 5.16. The second-order valence-electron chi connectivity index (χ2n) is 4.34. The van der Waals surface area contributed by atoms with Crippen LogP contribution in [0.1, 0.15) is 12.8 Å². The van der Waals surface area contributed by atoms with E-state index >= 15 is 0 Å². The number of halogens is 2. The summed E-state index contributed by atoms with van der Waals surface area (Å²) in [7, 11) is 0. The number of hydrogen-bond acceptors (Lipinski definition) is 3. The fourth-order valence-electron chi connectivity index (χ4n) is 1.59. The van der Waals surface area contributed by atoms with E-state index in [0.29, 0.717) is 6.54 Å². The van der Waals surface area contributed by atoms with Gasteiger partial charge >= 0.3 is 0 Å². The average Bonchev–Trinajstić information content (AvgIpc) is 3.05. The van der Waals surface area contributed by atoms with Crippen molar-refractivity contribution in [3.8, 4) is 0 Å². The lowest BCUT2D eigenvalue weighted by Crippen LogP contribution is -2.20. The number of anilines is 2. The lowest BCUT2D eigenvalue weighted by atomic mass is 10.1. The second kappa shape index (κ2) is 3.90. The van der Waals surface area contributed by atoms with Crippen LogP contribution in [-0.4, -0.2) is 18.3 Å². The van der Waals surface area contributed by atoms with E-state index in [-0.39, 0.29) is 23.4 Å². The number of nitrogens with one attached hydrogen (secondary N) is 1. The summed E-state index contributed by atoms with van der Waals surface area (Å²) in [5.41, 5.74) is 5.53. The van der Waals surface area contributed by atoms with Crippen LogP contribution in [0.4, 0.5) is 20.2 Å². The third kappa shape index (κ3) is 1.95. The van der Waals surface area contributed by atoms with Gasteiger partial charge in [-0.05, 0) is 25.0 Å². The molecule has 4 N–H and O–H groups in total. The number of benzene rings is 1. The molecule has 1 fully saturated rings. The summed E-state index contributed by atoms with van der Waals surface area (Å²) in [5.74, 6) is -1.89. The van der Waals surface area contributed by atoms with Crippen LogP contribution in [0.25, 0.3) is 0 Å². The number of hydrogen-bond donors (Lipinski definition) is 3. The summed E-state index contributed by atoms with van der Waals surface area (Å²) in [6.07, 6.45) is 1.79. The molecule has 1 aromatic carbocycles. The molecule has 0 atom stereocenters. The summed E-state index contributed by atoms with van der Waals surface area (Å²) < 4.78 is 26.3. The predicted molar refractivity (Wildman–Crippen MR) is 58.0 cm³/mol. The topological polar surface area (TPSA) is 58.3 Å². The van der Waals surface area contributed by atoms with Crippen molar-refractivity contribution in [2.24, 2.45) is 5.41 Å². The number of aliphatic hydroxyl groups excluding tert-OH is 1. The van der Waals surface area contributed by atoms with Crippen LogP contribution in [0.2, 0.25) is 0 Å². The van der Waals surface area contributed by atoms with E-state index in [1.54, 1.807) is 0 Å². The maximum Gasteiger partial charge on any atom is 0.183 e. The van der Waals surface area contributed by atoms with E-state index in [4.69, 9.17) is 10.8 Å². The molecule has 0 amide bonds. The highest BCUT2D eigenvalue weighted by Crippen LogP contribution is 2.45. The van der Waals surface area contributed by atoms with Crippen LogP contribution in [0.15, 0.2) is 12.1 Å². The molecular formula is C11H14F2N2O. The Balaban J connectivity index is 2.12. The lowest BCUT2D eigenvalue weighted by molar-refractivity contribution is 0.219. The zero-order chi connectivity index (χ0) is 11.8. The first-order chi connectivity index (χ1) is 7.58. The maximum atomic E-state index is 13.4. The lowest BCUT2D eigenvalue weighted by Gasteiger charge is -2.15. The van der Waals surface area contributed by atoms with Crippen LogP contribution < -0.4 is 11.1 Å². The smallest absolute Gasteiger partial charge is 0.183 e. The van der Waals surface area contributed by atoms with Crippen LogP contribution in [-0.2, 0) is 0 Å². The molecule has 0 unspecified atom stereocenters. The molecule has 0 bridgehead atoms. The highest BCUT2D eigenvalue weighted by atomic mass is 19.2. The van der Waals surface area contributed by atoms with Crippen molar-refractivity contribution in [2.75, 3.05) is 24.2 Å². The summed E-state index contributed by atoms with van der Waals surface area (Å²) in [6.45, 7) is 0.463. The van der Waals surface area contributed by atoms with E-state index in [9.17, 15) is 8.78 Å². The van der Waals surface area contributed by atoms with Crippen molar-refractivity contribution < 1.29 is 13.9 Å². The van der Waals surface area contributed by atoms with Crippen molar-refractivity contribution in [3.05, 3.63) is 23.8 Å². The zero-order valence-electron chi connectivity index (χ0n) is 8.76. The standard InChI is InChI=1S/C11H14F2N2O/c12-7-1-2-8(14)10(9(7)13)15-5-11(6-16)3-4-11/h1-2,15-16H,3-6,14H2. The highest BCUT2D eigenvalue weighted by molar-refractivity contribution is 5.66. The van der Waals surface area contributed by atoms with Crippen molar-refractivity contribution in [1.29, 1.82) is 0 Å². The maximum absolute atomic E-state index is 13.4. The molecule has 16 heavy (non-hydrogen) atoms. The Morgan fingerprint density at radius 2 is 2.06 bits per heavy atom. The highest BCUT2D eigenvalue weighted by Gasteiger charge is 2.41. The molecule has 1 saturated carbocycles. The van der Waals surface area contributed by atoms with Crippen LogP contribution in [0.5, 0.6) is 0 Å². The van der Waals surface area contributed by atoms with Gasteiger partial charge in [0.25, 0.3) is 0 Å². The van der Waals surface area contributed by atoms with Crippen molar-refractivity contribution >= 4 is 11.4 Å². The molecule has 1 aromatic rings. The Morgan fingerprint density at radius 1 is 1.38 bits per heavy atom. The van der Waals surface area contributed by atoms with Gasteiger partial charge in [0.2, 0.25) is 0 Å². The van der Waals surface area contributed by atoms with E-state index in [0.717, 1.165) is 18.9 Å². The van der Waals surface area contributed by atoms with Gasteiger partial charge in [-0.1, -0.05) is 0 Å². The normalized spacial score (nSPS) is 17.2. The minimum absolute atomic E-state index is 0.0141. The van der Waals surface area contributed by atoms with Crippen molar-refractivity contribution in [2.45, 2.75) is 12.8 Å². The molecule has 0 saturated heterocycles. The first kappa shape index (κ1) is 11.1. The van der Waals surface area contributed by atoms with E-state index in [1.165, 1.54) is 6.07 Å². The van der Waals surface area contributed by atoms with Gasteiger partial charge in [-0.3, -0.25) is 0 Å². The van der Waals surface area contributed by atoms with Gasteiger partial charge in [-0.25, -0.2) is 8.78 Å². The minimum Gasteiger partial charge on any atom is -0.397 e. The molecule has 0 aliphatic heterocycles. The summed E-state index contributed by atoms with van der Waals surface area (Å²) >= 11 is 0. The molecule has 0 heterocycles. The van der Waals surface area contributed by atoms with Crippen LogP contribution >= 0.6 is 0 Å². The third-order valence-electron chi connectivity index (χ3n) is 3.06. The van der Waals surface area contributed by atoms with Crippen LogP contribution in [0, 0.1) is 17.0 Å². The quantitative estimate of drug-likeness (QED) is 0.688. The Bertz CT molecular complexity index is 405. The molecule has 0 spiro atoms. The fourth-order valence-corrected chi connectivity index (χ4v) is 1.59. The van der Waals surface area contributed by atoms with Gasteiger partial charge in [-0.2, -0.15) is 0 Å². The SMILES string of the molecule is Nc1ccc(F)c(F)c1NCC1(CO)CC1. The minimum atomic E-state index is -0.964. The van der Waals surface area contributed by atoms with Gasteiger partial charge in [0.15, 0.2) is 11.6 Å². The second-order valence-corrected chi connectivity index (χ2v) is 4.34. The average molecular weight is 228 g/mol. The fraction of sp³-hybridized carbons (Fsp3) is 0.455. The van der Waals surface area contributed by atoms with Gasteiger partial charge in [-0.15, -0.1) is 0 Å². The van der Waals surface area contributed by atoms with Crippen LogP contribution in [0.3, 0.4) is 0 Å². The van der Waals surface area contributed by atoms with Gasteiger partial charge in [0, 0.05) is 12.0 Å². The summed E-state index contributed by atoms with van der Waals surface area (Å²) in [6, 6.07) is 2.31. The molecule has 1 aliphatic carbocycles. The molecule has 0 aromatic heterocycles. The Labute approximate surface area is 92.3 Å². The van der Waals surface area contributed by atoms with Gasteiger partial charge in [0.05, 0.1) is 18.0 Å². The van der Waals surface area contributed by atoms with Gasteiger partial charge < -0.3 is 16.2 Å². The monoisotopic (exact) mass is 228 g/mol. The molecule has 3 nitrogen and oxygen atoms in total. The number of aliphatic hydroxyl groups is 1. The third-order valence-corrected chi connectivity index (χ3v) is 3.06. The predicted octanol–water partition coefficient (Wildman–Crippen LogP) is 1.73. The first-order valence-electron chi connectivity index (χ1n) is 5.16. The largest absolute Gasteiger partial charge is 0.397 e. The molecule has 2 rings (SSSR count). The zero-order valence-corrected chi connectivity index (χ0v) is 8.76. The van der Waals surface area contributed by atoms with Gasteiger partial charge in [0.1, 0.15) is 0 Å². The van der Waals surface area contributed by atoms with Crippen molar-refractivity contribution in [3.63, 3.8) is 0 Å². The number of rotatable bonds is 4. The molecule has 0 radical (unpaired) electrons. The number of nitrogen functional groups attached to an aromatic ring is 1. The molecule has 5 heteroatoms. The molecule has 88 valence electrons. The Morgan fingerprint density at radius 3 is 2.62 bits per heavy atom. The van der Waals surface area contributed by atoms with E-state index in [2.05, 4.69) is 5.32 Å². The Hall–Kier alpha value is -1.36.